The molecule has 0 saturated carbocycles. The summed E-state index contributed by atoms with van der Waals surface area (Å²) in [6.07, 6.45) is 0. The summed E-state index contributed by atoms with van der Waals surface area (Å²) in [6.45, 7) is 0. The maximum Gasteiger partial charge on any atom is 0.181 e. The van der Waals surface area contributed by atoms with Gasteiger partial charge in [0.1, 0.15) is 10.7 Å². The van der Waals surface area contributed by atoms with Crippen molar-refractivity contribution in [1.29, 1.82) is 0 Å². The van der Waals surface area contributed by atoms with E-state index >= 15 is 0 Å². The average molecular weight is 308 g/mol. The molecule has 1 atom stereocenters. The Labute approximate surface area is 121 Å². The summed E-state index contributed by atoms with van der Waals surface area (Å²) >= 11 is 1.66. The lowest BCUT2D eigenvalue weighted by Gasteiger charge is -2.12. The minimum atomic E-state index is -3.61. The number of hydrogen-bond donors (Lipinski definition) is 0. The van der Waals surface area contributed by atoms with Gasteiger partial charge >= 0.3 is 0 Å². The van der Waals surface area contributed by atoms with Crippen LogP contribution in [0, 0.1) is 5.82 Å². The number of thioether (sulfide) groups is 1. The van der Waals surface area contributed by atoms with E-state index in [-0.39, 0.29) is 16.6 Å². The number of halogens is 1. The van der Waals surface area contributed by atoms with Gasteiger partial charge in [0.25, 0.3) is 0 Å². The van der Waals surface area contributed by atoms with Crippen LogP contribution in [0.25, 0.3) is 0 Å². The Hall–Kier alpha value is -1.33. The van der Waals surface area contributed by atoms with Crippen LogP contribution in [0.15, 0.2) is 58.3 Å². The van der Waals surface area contributed by atoms with Crippen molar-refractivity contribution in [3.05, 3.63) is 59.9 Å². The monoisotopic (exact) mass is 308 g/mol. The van der Waals surface area contributed by atoms with Gasteiger partial charge < -0.3 is 0 Å². The third-order valence-corrected chi connectivity index (χ3v) is 6.49. The zero-order valence-corrected chi connectivity index (χ0v) is 12.3. The van der Waals surface area contributed by atoms with E-state index in [4.69, 9.17) is 0 Å². The molecule has 0 fully saturated rings. The molecule has 0 N–H and O–H groups in total. The Kier molecular flexibility index (Phi) is 3.56. The van der Waals surface area contributed by atoms with Crippen LogP contribution in [-0.2, 0) is 9.84 Å². The molecule has 20 heavy (non-hydrogen) atoms. The quantitative estimate of drug-likeness (QED) is 0.870. The van der Waals surface area contributed by atoms with Crippen LogP contribution < -0.4 is 0 Å². The van der Waals surface area contributed by atoms with E-state index in [1.165, 1.54) is 18.2 Å². The fourth-order valence-corrected chi connectivity index (χ4v) is 5.48. The third kappa shape index (κ3) is 2.47. The second-order valence-corrected chi connectivity index (χ2v) is 7.82. The highest BCUT2D eigenvalue weighted by Gasteiger charge is 2.29. The molecule has 0 spiro atoms. The van der Waals surface area contributed by atoms with Crippen molar-refractivity contribution in [3.63, 3.8) is 0 Å². The second-order valence-electron chi connectivity index (χ2n) is 4.76. The highest BCUT2D eigenvalue weighted by Crippen LogP contribution is 2.40. The van der Waals surface area contributed by atoms with Crippen molar-refractivity contribution in [2.24, 2.45) is 0 Å². The molecule has 2 aromatic carbocycles. The van der Waals surface area contributed by atoms with Crippen molar-refractivity contribution < 1.29 is 12.8 Å². The summed E-state index contributed by atoms with van der Waals surface area (Å²) in [4.78, 5) is 0.926. The molecule has 0 amide bonds. The van der Waals surface area contributed by atoms with E-state index in [2.05, 4.69) is 0 Å². The van der Waals surface area contributed by atoms with E-state index in [0.29, 0.717) is 0 Å². The minimum Gasteiger partial charge on any atom is -0.224 e. The Balaban J connectivity index is 1.91. The van der Waals surface area contributed by atoms with Gasteiger partial charge in [0.15, 0.2) is 9.84 Å². The molecule has 0 aliphatic carbocycles. The lowest BCUT2D eigenvalue weighted by molar-refractivity contribution is 0.564. The number of fused-ring (bicyclic) bond motifs is 1. The number of rotatable bonds is 3. The van der Waals surface area contributed by atoms with E-state index in [0.717, 1.165) is 16.2 Å². The highest BCUT2D eigenvalue weighted by molar-refractivity contribution is 7.99. The fraction of sp³-hybridized carbons (Fsp3) is 0.200. The van der Waals surface area contributed by atoms with Crippen LogP contribution in [0.4, 0.5) is 4.39 Å². The number of hydrogen-bond acceptors (Lipinski definition) is 3. The SMILES string of the molecule is O=S(=O)(CC1CSc2ccccc21)c1ccccc1F. The normalized spacial score (nSPS) is 17.9. The zero-order valence-electron chi connectivity index (χ0n) is 10.6. The maximum atomic E-state index is 13.7. The molecule has 0 bridgehead atoms. The molecule has 0 aromatic heterocycles. The summed E-state index contributed by atoms with van der Waals surface area (Å²) in [5, 5.41) is 0. The first-order valence-electron chi connectivity index (χ1n) is 6.27. The summed E-state index contributed by atoms with van der Waals surface area (Å²) in [7, 11) is -3.61. The van der Waals surface area contributed by atoms with Crippen LogP contribution in [0.1, 0.15) is 11.5 Å². The van der Waals surface area contributed by atoms with Crippen molar-refractivity contribution in [3.8, 4) is 0 Å². The van der Waals surface area contributed by atoms with Crippen LogP contribution in [0.3, 0.4) is 0 Å². The Morgan fingerprint density at radius 1 is 1.10 bits per heavy atom. The summed E-state index contributed by atoms with van der Waals surface area (Å²) in [6, 6.07) is 13.4. The van der Waals surface area contributed by atoms with Crippen molar-refractivity contribution >= 4 is 21.6 Å². The minimum absolute atomic E-state index is 0.0437. The Morgan fingerprint density at radius 2 is 1.80 bits per heavy atom. The summed E-state index contributed by atoms with van der Waals surface area (Å²) in [5.41, 5.74) is 1.05. The van der Waals surface area contributed by atoms with Crippen LogP contribution in [0.2, 0.25) is 0 Å². The van der Waals surface area contributed by atoms with Gasteiger partial charge in [-0.3, -0.25) is 0 Å². The molecule has 0 saturated heterocycles. The van der Waals surface area contributed by atoms with Gasteiger partial charge in [0.2, 0.25) is 0 Å². The third-order valence-electron chi connectivity index (χ3n) is 3.39. The highest BCUT2D eigenvalue weighted by atomic mass is 32.2. The van der Waals surface area contributed by atoms with Crippen LogP contribution >= 0.6 is 11.8 Å². The lowest BCUT2D eigenvalue weighted by Crippen LogP contribution is -2.16. The van der Waals surface area contributed by atoms with Gasteiger partial charge in [0.05, 0.1) is 5.75 Å². The van der Waals surface area contributed by atoms with Crippen LogP contribution in [-0.4, -0.2) is 19.9 Å². The van der Waals surface area contributed by atoms with Crippen molar-refractivity contribution in [2.45, 2.75) is 15.7 Å². The van der Waals surface area contributed by atoms with Crippen molar-refractivity contribution in [2.75, 3.05) is 11.5 Å². The predicted octanol–water partition coefficient (Wildman–Crippen LogP) is 3.49. The number of benzene rings is 2. The average Bonchev–Trinajstić information content (AvgIpc) is 2.82. The molecule has 3 rings (SSSR count). The Bertz CT molecular complexity index is 741. The molecular formula is C15H13FO2S2. The van der Waals surface area contributed by atoms with E-state index in [1.807, 2.05) is 24.3 Å². The molecular weight excluding hydrogens is 295 g/mol. The molecule has 5 heteroatoms. The molecule has 1 aliphatic heterocycles. The van der Waals surface area contributed by atoms with Gasteiger partial charge in [-0.05, 0) is 23.8 Å². The van der Waals surface area contributed by atoms with Gasteiger partial charge in [-0.25, -0.2) is 12.8 Å². The first-order valence-corrected chi connectivity index (χ1v) is 8.91. The smallest absolute Gasteiger partial charge is 0.181 e. The lowest BCUT2D eigenvalue weighted by atomic mass is 10.0. The van der Waals surface area contributed by atoms with E-state index in [9.17, 15) is 12.8 Å². The predicted molar refractivity (Wildman–Crippen MR) is 78.4 cm³/mol. The molecule has 104 valence electrons. The molecule has 1 heterocycles. The molecule has 1 aliphatic rings. The standard InChI is InChI=1S/C15H13FO2S2/c16-13-6-2-4-8-15(13)20(17,18)10-11-9-19-14-7-3-1-5-12(11)14/h1-8,11H,9-10H2. The van der Waals surface area contributed by atoms with Gasteiger partial charge in [-0.2, -0.15) is 0 Å². The van der Waals surface area contributed by atoms with Gasteiger partial charge in [-0.1, -0.05) is 30.3 Å². The topological polar surface area (TPSA) is 34.1 Å². The van der Waals surface area contributed by atoms with Crippen LogP contribution in [0.5, 0.6) is 0 Å². The fourth-order valence-electron chi connectivity index (χ4n) is 2.42. The second kappa shape index (κ2) is 5.22. The maximum absolute atomic E-state index is 13.7. The first kappa shape index (κ1) is 13.6. The summed E-state index contributed by atoms with van der Waals surface area (Å²) in [5.74, 6) is -0.0578. The zero-order chi connectivity index (χ0) is 14.2. The summed E-state index contributed by atoms with van der Waals surface area (Å²) < 4.78 is 38.4. The molecule has 0 radical (unpaired) electrons. The van der Waals surface area contributed by atoms with Gasteiger partial charge in [0, 0.05) is 16.6 Å². The van der Waals surface area contributed by atoms with E-state index in [1.54, 1.807) is 17.8 Å². The molecule has 2 aromatic rings. The number of sulfone groups is 1. The molecule has 1 unspecified atom stereocenters. The van der Waals surface area contributed by atoms with Crippen molar-refractivity contribution in [1.82, 2.24) is 0 Å². The van der Waals surface area contributed by atoms with E-state index < -0.39 is 15.7 Å². The first-order chi connectivity index (χ1) is 9.58. The molecule has 2 nitrogen and oxygen atoms in total. The van der Waals surface area contributed by atoms with Gasteiger partial charge in [-0.15, -0.1) is 11.8 Å². The Morgan fingerprint density at radius 3 is 2.60 bits per heavy atom. The largest absolute Gasteiger partial charge is 0.224 e.